The third kappa shape index (κ3) is 0.959. The number of fused-ring (bicyclic) bond motifs is 1. The monoisotopic (exact) mass is 169 g/mol. The van der Waals surface area contributed by atoms with Crippen molar-refractivity contribution in [2.24, 2.45) is 23.5 Å². The molecule has 0 unspecified atom stereocenters. The van der Waals surface area contributed by atoms with Gasteiger partial charge in [0.05, 0.1) is 12.5 Å². The van der Waals surface area contributed by atoms with Crippen LogP contribution in [0.15, 0.2) is 0 Å². The average Bonchev–Trinajstić information content (AvgIpc) is 2.43. The van der Waals surface area contributed by atoms with Gasteiger partial charge in [-0.1, -0.05) is 0 Å². The van der Waals surface area contributed by atoms with Crippen molar-refractivity contribution in [3.05, 3.63) is 0 Å². The molecule has 0 aromatic heterocycles. The van der Waals surface area contributed by atoms with Gasteiger partial charge in [0.25, 0.3) is 0 Å². The summed E-state index contributed by atoms with van der Waals surface area (Å²) >= 11 is 0. The van der Waals surface area contributed by atoms with Gasteiger partial charge in [0, 0.05) is 6.04 Å². The van der Waals surface area contributed by atoms with Gasteiger partial charge in [-0.15, -0.1) is 0 Å². The molecule has 2 bridgehead atoms. The van der Waals surface area contributed by atoms with E-state index in [1.807, 2.05) is 6.92 Å². The molecule has 2 N–H and O–H groups in total. The first-order valence-corrected chi connectivity index (χ1v) is 4.66. The molecule has 68 valence electrons. The average molecular weight is 169 g/mol. The van der Waals surface area contributed by atoms with Crippen LogP contribution in [-0.2, 0) is 9.53 Å². The van der Waals surface area contributed by atoms with E-state index in [0.717, 1.165) is 12.8 Å². The lowest BCUT2D eigenvalue weighted by molar-refractivity contribution is -0.155. The number of ether oxygens (including phenoxy) is 1. The molecule has 3 fully saturated rings. The van der Waals surface area contributed by atoms with E-state index in [4.69, 9.17) is 10.5 Å². The van der Waals surface area contributed by atoms with Gasteiger partial charge in [-0.25, -0.2) is 0 Å². The molecule has 0 spiro atoms. The van der Waals surface area contributed by atoms with E-state index in [-0.39, 0.29) is 17.9 Å². The van der Waals surface area contributed by atoms with Crippen LogP contribution in [0.2, 0.25) is 0 Å². The first-order chi connectivity index (χ1) is 5.74. The summed E-state index contributed by atoms with van der Waals surface area (Å²) in [5, 5.41) is 0. The topological polar surface area (TPSA) is 52.3 Å². The number of hydrogen-bond donors (Lipinski definition) is 1. The molecule has 0 aliphatic heterocycles. The predicted molar refractivity (Wildman–Crippen MR) is 44.3 cm³/mol. The van der Waals surface area contributed by atoms with Crippen molar-refractivity contribution in [3.8, 4) is 0 Å². The van der Waals surface area contributed by atoms with Crippen molar-refractivity contribution in [1.82, 2.24) is 0 Å². The van der Waals surface area contributed by atoms with E-state index < -0.39 is 0 Å². The molecule has 0 aromatic carbocycles. The van der Waals surface area contributed by atoms with Crippen LogP contribution in [0.4, 0.5) is 0 Å². The molecular weight excluding hydrogens is 154 g/mol. The standard InChI is InChI=1S/C9H15NO2/c1-2-12-9(11)8-5-3-6(8)7(10)4-5/h5-8H,2-4,10H2,1H3/t5-,6+,7-,8+/m1/s1. The minimum atomic E-state index is -0.0216. The van der Waals surface area contributed by atoms with Crippen molar-refractivity contribution in [1.29, 1.82) is 0 Å². The van der Waals surface area contributed by atoms with Gasteiger partial charge < -0.3 is 10.5 Å². The highest BCUT2D eigenvalue weighted by Crippen LogP contribution is 2.53. The van der Waals surface area contributed by atoms with Crippen LogP contribution in [0, 0.1) is 17.8 Å². The number of nitrogens with two attached hydrogens (primary N) is 1. The molecule has 3 aliphatic rings. The summed E-state index contributed by atoms with van der Waals surface area (Å²) in [5.41, 5.74) is 5.84. The molecule has 3 nitrogen and oxygen atoms in total. The van der Waals surface area contributed by atoms with Crippen molar-refractivity contribution in [2.75, 3.05) is 6.61 Å². The minimum absolute atomic E-state index is 0.0216. The SMILES string of the molecule is CCOC(=O)[C@H]1[C@@H]2C[C@H]1[C@H](N)C2. The lowest BCUT2D eigenvalue weighted by Gasteiger charge is -2.33. The van der Waals surface area contributed by atoms with E-state index in [0.29, 0.717) is 18.4 Å². The number of esters is 1. The molecular formula is C9H15NO2. The fourth-order valence-electron chi connectivity index (χ4n) is 2.61. The zero-order valence-electron chi connectivity index (χ0n) is 7.32. The molecule has 3 heteroatoms. The molecule has 4 atom stereocenters. The highest BCUT2D eigenvalue weighted by atomic mass is 16.5. The lowest BCUT2D eigenvalue weighted by Crippen LogP contribution is -2.40. The fraction of sp³-hybridized carbons (Fsp3) is 0.889. The van der Waals surface area contributed by atoms with Crippen LogP contribution >= 0.6 is 0 Å². The van der Waals surface area contributed by atoms with Gasteiger partial charge in [0.2, 0.25) is 0 Å². The summed E-state index contributed by atoms with van der Waals surface area (Å²) in [7, 11) is 0. The summed E-state index contributed by atoms with van der Waals surface area (Å²) in [6, 6.07) is 0.254. The summed E-state index contributed by atoms with van der Waals surface area (Å²) in [6.45, 7) is 2.34. The molecule has 0 amide bonds. The second-order valence-electron chi connectivity index (χ2n) is 3.84. The molecule has 12 heavy (non-hydrogen) atoms. The molecule has 0 aromatic rings. The van der Waals surface area contributed by atoms with Crippen LogP contribution in [-0.4, -0.2) is 18.6 Å². The van der Waals surface area contributed by atoms with Crippen LogP contribution < -0.4 is 5.73 Å². The van der Waals surface area contributed by atoms with E-state index in [1.54, 1.807) is 0 Å². The highest BCUT2D eigenvalue weighted by molar-refractivity contribution is 5.75. The molecule has 3 aliphatic carbocycles. The molecule has 3 rings (SSSR count). The van der Waals surface area contributed by atoms with Crippen molar-refractivity contribution >= 4 is 5.97 Å². The van der Waals surface area contributed by atoms with Crippen LogP contribution in [0.25, 0.3) is 0 Å². The number of carbonyl (C=O) groups excluding carboxylic acids is 1. The summed E-state index contributed by atoms with van der Waals surface area (Å²) in [5.74, 6) is 1.07. The first-order valence-electron chi connectivity index (χ1n) is 4.66. The number of hydrogen-bond acceptors (Lipinski definition) is 3. The smallest absolute Gasteiger partial charge is 0.309 e. The second kappa shape index (κ2) is 2.73. The lowest BCUT2D eigenvalue weighted by atomic mass is 9.72. The normalized spacial score (nSPS) is 43.8. The molecule has 0 heterocycles. The van der Waals surface area contributed by atoms with E-state index >= 15 is 0 Å². The van der Waals surface area contributed by atoms with Crippen LogP contribution in [0.5, 0.6) is 0 Å². The Morgan fingerprint density at radius 3 is 2.75 bits per heavy atom. The van der Waals surface area contributed by atoms with Gasteiger partial charge in [0.15, 0.2) is 0 Å². The minimum Gasteiger partial charge on any atom is -0.466 e. The molecule has 0 saturated heterocycles. The zero-order chi connectivity index (χ0) is 8.72. The Morgan fingerprint density at radius 1 is 1.58 bits per heavy atom. The fourth-order valence-corrected chi connectivity index (χ4v) is 2.61. The highest BCUT2D eigenvalue weighted by Gasteiger charge is 2.55. The Kier molecular flexibility index (Phi) is 1.83. The van der Waals surface area contributed by atoms with Gasteiger partial charge in [-0.05, 0) is 31.6 Å². The summed E-state index contributed by atoms with van der Waals surface area (Å²) < 4.78 is 4.98. The Hall–Kier alpha value is -0.570. The molecule has 3 saturated carbocycles. The van der Waals surface area contributed by atoms with Gasteiger partial charge in [0.1, 0.15) is 0 Å². The van der Waals surface area contributed by atoms with Gasteiger partial charge >= 0.3 is 5.97 Å². The van der Waals surface area contributed by atoms with E-state index in [2.05, 4.69) is 0 Å². The third-order valence-electron chi connectivity index (χ3n) is 3.23. The van der Waals surface area contributed by atoms with Crippen molar-refractivity contribution in [2.45, 2.75) is 25.8 Å². The Morgan fingerprint density at radius 2 is 2.33 bits per heavy atom. The van der Waals surface area contributed by atoms with Crippen LogP contribution in [0.1, 0.15) is 19.8 Å². The number of carbonyl (C=O) groups is 1. The van der Waals surface area contributed by atoms with E-state index in [1.165, 1.54) is 0 Å². The van der Waals surface area contributed by atoms with Crippen molar-refractivity contribution < 1.29 is 9.53 Å². The van der Waals surface area contributed by atoms with Gasteiger partial charge in [-0.3, -0.25) is 4.79 Å². The first kappa shape index (κ1) is 8.05. The van der Waals surface area contributed by atoms with Gasteiger partial charge in [-0.2, -0.15) is 0 Å². The Balaban J connectivity index is 1.96. The van der Waals surface area contributed by atoms with Crippen molar-refractivity contribution in [3.63, 3.8) is 0 Å². The Bertz CT molecular complexity index is 205. The Labute approximate surface area is 72.3 Å². The maximum atomic E-state index is 11.4. The number of rotatable bonds is 2. The summed E-state index contributed by atoms with van der Waals surface area (Å²) in [6.07, 6.45) is 2.17. The maximum absolute atomic E-state index is 11.4. The maximum Gasteiger partial charge on any atom is 0.309 e. The summed E-state index contributed by atoms with van der Waals surface area (Å²) in [4.78, 5) is 11.4. The quantitative estimate of drug-likeness (QED) is 0.613. The van der Waals surface area contributed by atoms with Crippen LogP contribution in [0.3, 0.4) is 0 Å². The third-order valence-corrected chi connectivity index (χ3v) is 3.23. The largest absolute Gasteiger partial charge is 0.466 e. The van der Waals surface area contributed by atoms with E-state index in [9.17, 15) is 4.79 Å². The molecule has 0 radical (unpaired) electrons. The second-order valence-corrected chi connectivity index (χ2v) is 3.84. The zero-order valence-corrected chi connectivity index (χ0v) is 7.32. The predicted octanol–water partition coefficient (Wildman–Crippen LogP) is 0.533.